The predicted octanol–water partition coefficient (Wildman–Crippen LogP) is 6.75. The van der Waals surface area contributed by atoms with E-state index in [0.717, 1.165) is 32.1 Å². The highest BCUT2D eigenvalue weighted by atomic mass is 16.4. The van der Waals surface area contributed by atoms with Crippen LogP contribution < -0.4 is 5.32 Å². The average Bonchev–Trinajstić information content (AvgIpc) is 2.69. The van der Waals surface area contributed by atoms with Gasteiger partial charge in [-0.2, -0.15) is 0 Å². The summed E-state index contributed by atoms with van der Waals surface area (Å²) in [6.45, 7) is 6.13. The smallest absolute Gasteiger partial charge is 0.326 e. The fourth-order valence-electron chi connectivity index (χ4n) is 2.90. The van der Waals surface area contributed by atoms with Crippen LogP contribution in [-0.4, -0.2) is 23.0 Å². The Hall–Kier alpha value is -2.10. The van der Waals surface area contributed by atoms with Crippen molar-refractivity contribution in [2.75, 3.05) is 0 Å². The lowest BCUT2D eigenvalue weighted by molar-refractivity contribution is -0.142. The molecule has 0 aromatic carbocycles. The number of carbonyl (C=O) groups is 2. The fourth-order valence-corrected chi connectivity index (χ4v) is 2.90. The van der Waals surface area contributed by atoms with Gasteiger partial charge in [-0.1, -0.05) is 82.2 Å². The van der Waals surface area contributed by atoms with Gasteiger partial charge in [0.2, 0.25) is 5.91 Å². The van der Waals surface area contributed by atoms with Gasteiger partial charge in [0.15, 0.2) is 0 Å². The molecule has 0 saturated heterocycles. The second-order valence-electron chi connectivity index (χ2n) is 8.07. The molecular formula is C26H43NO3. The first-order valence-corrected chi connectivity index (χ1v) is 11.6. The topological polar surface area (TPSA) is 66.4 Å². The Balaban J connectivity index is 3.73. The average molecular weight is 418 g/mol. The third kappa shape index (κ3) is 19.2. The Bertz CT molecular complexity index is 559. The molecule has 0 bridgehead atoms. The van der Waals surface area contributed by atoms with Gasteiger partial charge in [0.25, 0.3) is 0 Å². The van der Waals surface area contributed by atoms with E-state index in [-0.39, 0.29) is 11.8 Å². The van der Waals surface area contributed by atoms with Crippen molar-refractivity contribution < 1.29 is 14.7 Å². The van der Waals surface area contributed by atoms with Gasteiger partial charge in [-0.25, -0.2) is 4.79 Å². The summed E-state index contributed by atoms with van der Waals surface area (Å²) in [5.41, 5.74) is 0. The molecule has 1 amide bonds. The first kappa shape index (κ1) is 27.9. The van der Waals surface area contributed by atoms with Crippen molar-refractivity contribution in [1.82, 2.24) is 5.32 Å². The van der Waals surface area contributed by atoms with Crippen molar-refractivity contribution in [1.29, 1.82) is 0 Å². The highest BCUT2D eigenvalue weighted by molar-refractivity contribution is 5.83. The second-order valence-corrected chi connectivity index (χ2v) is 8.07. The number of rotatable bonds is 18. The number of nitrogens with one attached hydrogen (secondary N) is 1. The van der Waals surface area contributed by atoms with E-state index in [4.69, 9.17) is 5.11 Å². The van der Waals surface area contributed by atoms with Crippen molar-refractivity contribution in [3.8, 4) is 0 Å². The Labute approximate surface area is 184 Å². The summed E-state index contributed by atoms with van der Waals surface area (Å²) >= 11 is 0. The molecule has 0 fully saturated rings. The first-order valence-electron chi connectivity index (χ1n) is 11.6. The molecule has 1 atom stereocenters. The Morgan fingerprint density at radius 1 is 0.800 bits per heavy atom. The maximum absolute atomic E-state index is 11.9. The van der Waals surface area contributed by atoms with E-state index in [9.17, 15) is 9.59 Å². The molecule has 0 heterocycles. The number of amides is 1. The van der Waals surface area contributed by atoms with E-state index in [0.29, 0.717) is 12.8 Å². The summed E-state index contributed by atoms with van der Waals surface area (Å²) in [6.07, 6.45) is 27.8. The predicted molar refractivity (Wildman–Crippen MR) is 127 cm³/mol. The molecule has 2 N–H and O–H groups in total. The molecule has 0 aliphatic rings. The van der Waals surface area contributed by atoms with Gasteiger partial charge in [0, 0.05) is 6.42 Å². The molecule has 4 nitrogen and oxygen atoms in total. The van der Waals surface area contributed by atoms with E-state index in [1.54, 1.807) is 0 Å². The van der Waals surface area contributed by atoms with Gasteiger partial charge in [0.1, 0.15) is 6.04 Å². The third-order valence-electron chi connectivity index (χ3n) is 4.57. The third-order valence-corrected chi connectivity index (χ3v) is 4.57. The van der Waals surface area contributed by atoms with Gasteiger partial charge < -0.3 is 10.4 Å². The summed E-state index contributed by atoms with van der Waals surface area (Å²) in [5.74, 6) is -0.911. The summed E-state index contributed by atoms with van der Waals surface area (Å²) < 4.78 is 0. The van der Waals surface area contributed by atoms with Gasteiger partial charge in [0.05, 0.1) is 0 Å². The quantitative estimate of drug-likeness (QED) is 0.191. The van der Waals surface area contributed by atoms with Crippen LogP contribution in [-0.2, 0) is 9.59 Å². The molecule has 1 unspecified atom stereocenters. The van der Waals surface area contributed by atoms with Gasteiger partial charge in [-0.15, -0.1) is 0 Å². The molecule has 0 spiro atoms. The van der Waals surface area contributed by atoms with Crippen LogP contribution in [0.15, 0.2) is 48.6 Å². The molecule has 170 valence electrons. The molecule has 4 heteroatoms. The minimum atomic E-state index is -0.961. The molecule has 0 saturated carbocycles. The zero-order valence-corrected chi connectivity index (χ0v) is 19.3. The number of carboxylic acids is 1. The molecule has 0 rings (SSSR count). The highest BCUT2D eigenvalue weighted by Crippen LogP contribution is 2.06. The molecule has 30 heavy (non-hydrogen) atoms. The number of allylic oxidation sites excluding steroid dienone is 8. The maximum atomic E-state index is 11.9. The van der Waals surface area contributed by atoms with E-state index in [1.165, 1.54) is 25.7 Å². The summed E-state index contributed by atoms with van der Waals surface area (Å²) in [6, 6.07) is -0.783. The van der Waals surface area contributed by atoms with Crippen LogP contribution in [0.5, 0.6) is 0 Å². The number of carboxylic acid groups (broad SMARTS) is 1. The van der Waals surface area contributed by atoms with Crippen molar-refractivity contribution in [3.63, 3.8) is 0 Å². The number of carbonyl (C=O) groups excluding carboxylic acids is 1. The monoisotopic (exact) mass is 417 g/mol. The van der Waals surface area contributed by atoms with Crippen LogP contribution >= 0.6 is 0 Å². The number of hydrogen-bond donors (Lipinski definition) is 2. The maximum Gasteiger partial charge on any atom is 0.326 e. The molecule has 0 aliphatic carbocycles. The molecule has 0 aliphatic heterocycles. The lowest BCUT2D eigenvalue weighted by Crippen LogP contribution is -2.41. The zero-order valence-electron chi connectivity index (χ0n) is 19.3. The SMILES string of the molecule is CCCCCC=CCC=CCC=CCC=CCCCC(=O)NC(CC(C)C)C(=O)O. The highest BCUT2D eigenvalue weighted by Gasteiger charge is 2.20. The lowest BCUT2D eigenvalue weighted by Gasteiger charge is -2.16. The number of hydrogen-bond acceptors (Lipinski definition) is 2. The standard InChI is InChI=1S/C26H43NO3/c1-4-5-6-7-8-9-10-11-12-13-14-15-16-17-18-19-20-21-25(28)27-24(26(29)30)22-23(2)3/h8-9,11-12,14-15,17-18,23-24H,4-7,10,13,16,19-22H2,1-3H3,(H,27,28)(H,29,30). The Kier molecular flexibility index (Phi) is 18.8. The van der Waals surface area contributed by atoms with Crippen LogP contribution in [0.1, 0.15) is 91.4 Å². The molecule has 0 aromatic heterocycles. The van der Waals surface area contributed by atoms with Crippen LogP contribution in [0.25, 0.3) is 0 Å². The Morgan fingerprint density at radius 3 is 1.77 bits per heavy atom. The van der Waals surface area contributed by atoms with Crippen LogP contribution in [0.2, 0.25) is 0 Å². The minimum absolute atomic E-state index is 0.182. The largest absolute Gasteiger partial charge is 0.480 e. The number of aliphatic carboxylic acids is 1. The van der Waals surface area contributed by atoms with Crippen LogP contribution in [0, 0.1) is 5.92 Å². The van der Waals surface area contributed by atoms with Crippen LogP contribution in [0.3, 0.4) is 0 Å². The minimum Gasteiger partial charge on any atom is -0.480 e. The van der Waals surface area contributed by atoms with Crippen LogP contribution in [0.4, 0.5) is 0 Å². The fraction of sp³-hybridized carbons (Fsp3) is 0.615. The Morgan fingerprint density at radius 2 is 1.30 bits per heavy atom. The van der Waals surface area contributed by atoms with E-state index < -0.39 is 12.0 Å². The summed E-state index contributed by atoms with van der Waals surface area (Å²) in [4.78, 5) is 23.0. The second kappa shape index (κ2) is 20.2. The van der Waals surface area contributed by atoms with Gasteiger partial charge in [-0.3, -0.25) is 4.79 Å². The number of unbranched alkanes of at least 4 members (excludes halogenated alkanes) is 4. The summed E-state index contributed by atoms with van der Waals surface area (Å²) in [5, 5.41) is 11.8. The van der Waals surface area contributed by atoms with Gasteiger partial charge in [-0.05, 0) is 57.3 Å². The van der Waals surface area contributed by atoms with Crippen molar-refractivity contribution in [2.24, 2.45) is 5.92 Å². The lowest BCUT2D eigenvalue weighted by atomic mass is 10.0. The van der Waals surface area contributed by atoms with E-state index in [2.05, 4.69) is 60.8 Å². The van der Waals surface area contributed by atoms with E-state index in [1.807, 2.05) is 13.8 Å². The van der Waals surface area contributed by atoms with Crippen molar-refractivity contribution >= 4 is 11.9 Å². The first-order chi connectivity index (χ1) is 14.5. The van der Waals surface area contributed by atoms with E-state index >= 15 is 0 Å². The van der Waals surface area contributed by atoms with Gasteiger partial charge >= 0.3 is 5.97 Å². The normalized spacial score (nSPS) is 13.3. The molecule has 0 aromatic rings. The molecule has 0 radical (unpaired) electrons. The zero-order chi connectivity index (χ0) is 22.5. The van der Waals surface area contributed by atoms with Crippen molar-refractivity contribution in [2.45, 2.75) is 97.4 Å². The molecular weight excluding hydrogens is 374 g/mol. The summed E-state index contributed by atoms with van der Waals surface area (Å²) in [7, 11) is 0. The van der Waals surface area contributed by atoms with Crippen molar-refractivity contribution in [3.05, 3.63) is 48.6 Å².